The van der Waals surface area contributed by atoms with Gasteiger partial charge in [0.15, 0.2) is 0 Å². The lowest BCUT2D eigenvalue weighted by Crippen LogP contribution is -2.45. The lowest BCUT2D eigenvalue weighted by Gasteiger charge is -2.20. The molecule has 7 nitrogen and oxygen atoms in total. The maximum absolute atomic E-state index is 12.4. The van der Waals surface area contributed by atoms with Gasteiger partial charge in [-0.3, -0.25) is 25.2 Å². The molecule has 1 aliphatic rings. The Hall–Kier alpha value is -2.87. The normalized spacial score (nSPS) is 16.0. The van der Waals surface area contributed by atoms with Crippen molar-refractivity contribution in [2.75, 3.05) is 18.1 Å². The third-order valence-electron chi connectivity index (χ3n) is 4.36. The highest BCUT2D eigenvalue weighted by Crippen LogP contribution is 2.33. The number of benzene rings is 2. The van der Waals surface area contributed by atoms with Gasteiger partial charge in [0.1, 0.15) is 5.75 Å². The highest BCUT2D eigenvalue weighted by Gasteiger charge is 2.36. The van der Waals surface area contributed by atoms with E-state index in [-0.39, 0.29) is 18.9 Å². The molecule has 0 spiro atoms. The number of halogens is 1. The SMILES string of the molecule is CCOc1ccccc1N1C[C@@H](C(=O)NNC(=O)c2ccc(Br)cc2)CC1=O. The van der Waals surface area contributed by atoms with Crippen LogP contribution in [0.1, 0.15) is 23.7 Å². The number of ether oxygens (including phenoxy) is 1. The van der Waals surface area contributed by atoms with E-state index in [2.05, 4.69) is 26.8 Å². The molecule has 1 aliphatic heterocycles. The molecule has 1 atom stereocenters. The van der Waals surface area contributed by atoms with Gasteiger partial charge in [0.05, 0.1) is 18.2 Å². The number of nitrogens with zero attached hydrogens (tertiary/aromatic N) is 1. The summed E-state index contributed by atoms with van der Waals surface area (Å²) < 4.78 is 6.43. The van der Waals surface area contributed by atoms with Gasteiger partial charge in [-0.1, -0.05) is 28.1 Å². The number of hydrogen-bond acceptors (Lipinski definition) is 4. The van der Waals surface area contributed by atoms with Crippen LogP contribution in [0.15, 0.2) is 53.0 Å². The van der Waals surface area contributed by atoms with Gasteiger partial charge in [-0.25, -0.2) is 0 Å². The summed E-state index contributed by atoms with van der Waals surface area (Å²) in [5.74, 6) is -0.958. The van der Waals surface area contributed by atoms with Gasteiger partial charge in [-0.15, -0.1) is 0 Å². The Balaban J connectivity index is 1.61. The molecule has 3 rings (SSSR count). The van der Waals surface area contributed by atoms with Gasteiger partial charge in [-0.05, 0) is 43.3 Å². The Morgan fingerprint density at radius 1 is 1.14 bits per heavy atom. The number of carbonyl (C=O) groups excluding carboxylic acids is 3. The maximum atomic E-state index is 12.4. The molecule has 2 aromatic rings. The van der Waals surface area contributed by atoms with Crippen LogP contribution in [0.5, 0.6) is 5.75 Å². The van der Waals surface area contributed by atoms with Crippen LogP contribution in [-0.4, -0.2) is 30.9 Å². The van der Waals surface area contributed by atoms with Gasteiger partial charge >= 0.3 is 0 Å². The van der Waals surface area contributed by atoms with Crippen LogP contribution in [0, 0.1) is 5.92 Å². The molecule has 1 saturated heterocycles. The van der Waals surface area contributed by atoms with Crippen LogP contribution >= 0.6 is 15.9 Å². The molecular weight excluding hydrogens is 426 g/mol. The number of para-hydroxylation sites is 2. The average molecular weight is 446 g/mol. The van der Waals surface area contributed by atoms with Crippen LogP contribution in [0.2, 0.25) is 0 Å². The van der Waals surface area contributed by atoms with Crippen molar-refractivity contribution in [1.82, 2.24) is 10.9 Å². The Labute approximate surface area is 171 Å². The standard InChI is InChI=1S/C20H20BrN3O4/c1-2-28-17-6-4-3-5-16(17)24-12-14(11-18(24)25)20(27)23-22-19(26)13-7-9-15(21)10-8-13/h3-10,14H,2,11-12H2,1H3,(H,22,26)(H,23,27)/t14-/m0/s1. The van der Waals surface area contributed by atoms with Crippen LogP contribution < -0.4 is 20.5 Å². The summed E-state index contributed by atoms with van der Waals surface area (Å²) in [5, 5.41) is 0. The first-order valence-electron chi connectivity index (χ1n) is 8.87. The first-order valence-corrected chi connectivity index (χ1v) is 9.67. The fourth-order valence-corrected chi connectivity index (χ4v) is 3.23. The topological polar surface area (TPSA) is 87.7 Å². The molecule has 2 aromatic carbocycles. The van der Waals surface area contributed by atoms with Gasteiger partial charge in [0.25, 0.3) is 5.91 Å². The summed E-state index contributed by atoms with van der Waals surface area (Å²) in [5.41, 5.74) is 5.85. The maximum Gasteiger partial charge on any atom is 0.269 e. The molecular formula is C20H20BrN3O4. The number of amides is 3. The van der Waals surface area contributed by atoms with Crippen LogP contribution in [-0.2, 0) is 9.59 Å². The van der Waals surface area contributed by atoms with E-state index in [1.807, 2.05) is 19.1 Å². The van der Waals surface area contributed by atoms with E-state index >= 15 is 0 Å². The number of anilines is 1. The van der Waals surface area contributed by atoms with Crippen molar-refractivity contribution in [3.8, 4) is 5.75 Å². The van der Waals surface area contributed by atoms with E-state index in [0.717, 1.165) is 4.47 Å². The lowest BCUT2D eigenvalue weighted by atomic mass is 10.1. The van der Waals surface area contributed by atoms with Crippen molar-refractivity contribution in [2.45, 2.75) is 13.3 Å². The van der Waals surface area contributed by atoms with Crippen molar-refractivity contribution in [3.05, 3.63) is 58.6 Å². The quantitative estimate of drug-likeness (QED) is 0.692. The molecule has 3 amide bonds. The Morgan fingerprint density at radius 2 is 1.86 bits per heavy atom. The van der Waals surface area contributed by atoms with Crippen molar-refractivity contribution in [3.63, 3.8) is 0 Å². The minimum absolute atomic E-state index is 0.0699. The van der Waals surface area contributed by atoms with Crippen molar-refractivity contribution >= 4 is 39.3 Å². The van der Waals surface area contributed by atoms with Crippen LogP contribution in [0.3, 0.4) is 0 Å². The van der Waals surface area contributed by atoms with E-state index in [0.29, 0.717) is 23.6 Å². The van der Waals surface area contributed by atoms with Gasteiger partial charge in [0.2, 0.25) is 11.8 Å². The molecule has 1 fully saturated rings. The number of hydrogen-bond donors (Lipinski definition) is 2. The van der Waals surface area contributed by atoms with E-state index in [1.54, 1.807) is 41.3 Å². The zero-order valence-electron chi connectivity index (χ0n) is 15.3. The summed E-state index contributed by atoms with van der Waals surface area (Å²) in [4.78, 5) is 38.5. The van der Waals surface area contributed by atoms with Crippen molar-refractivity contribution in [2.24, 2.45) is 5.92 Å². The number of hydrazine groups is 1. The van der Waals surface area contributed by atoms with E-state index in [4.69, 9.17) is 4.74 Å². The Morgan fingerprint density at radius 3 is 2.57 bits per heavy atom. The van der Waals surface area contributed by atoms with Crippen LogP contribution in [0.25, 0.3) is 0 Å². The first-order chi connectivity index (χ1) is 13.5. The molecule has 0 aliphatic carbocycles. The van der Waals surface area contributed by atoms with E-state index in [1.165, 1.54) is 0 Å². The fourth-order valence-electron chi connectivity index (χ4n) is 2.97. The molecule has 0 unspecified atom stereocenters. The molecule has 0 radical (unpaired) electrons. The minimum atomic E-state index is -0.563. The van der Waals surface area contributed by atoms with Crippen molar-refractivity contribution in [1.29, 1.82) is 0 Å². The predicted molar refractivity (Wildman–Crippen MR) is 108 cm³/mol. The van der Waals surface area contributed by atoms with Crippen molar-refractivity contribution < 1.29 is 19.1 Å². The predicted octanol–water partition coefficient (Wildman–Crippen LogP) is 2.66. The second kappa shape index (κ2) is 8.88. The summed E-state index contributed by atoms with van der Waals surface area (Å²) in [6.07, 6.45) is 0.0699. The molecule has 8 heteroatoms. The number of nitrogens with one attached hydrogen (secondary N) is 2. The van der Waals surface area contributed by atoms with Gasteiger partial charge < -0.3 is 9.64 Å². The van der Waals surface area contributed by atoms with Gasteiger partial charge in [-0.2, -0.15) is 0 Å². The molecule has 28 heavy (non-hydrogen) atoms. The minimum Gasteiger partial charge on any atom is -0.492 e. The summed E-state index contributed by atoms with van der Waals surface area (Å²) in [6, 6.07) is 14.0. The summed E-state index contributed by atoms with van der Waals surface area (Å²) >= 11 is 3.30. The highest BCUT2D eigenvalue weighted by molar-refractivity contribution is 9.10. The highest BCUT2D eigenvalue weighted by atomic mass is 79.9. The Bertz CT molecular complexity index is 885. The second-order valence-electron chi connectivity index (χ2n) is 6.26. The molecule has 0 bridgehead atoms. The fraction of sp³-hybridized carbons (Fsp3) is 0.250. The van der Waals surface area contributed by atoms with Gasteiger partial charge in [0, 0.05) is 23.0 Å². The number of rotatable bonds is 5. The third kappa shape index (κ3) is 4.51. The summed E-state index contributed by atoms with van der Waals surface area (Å²) in [6.45, 7) is 2.57. The van der Waals surface area contributed by atoms with Crippen LogP contribution in [0.4, 0.5) is 5.69 Å². The monoisotopic (exact) mass is 445 g/mol. The molecule has 0 saturated carbocycles. The largest absolute Gasteiger partial charge is 0.492 e. The molecule has 146 valence electrons. The molecule has 0 aromatic heterocycles. The van der Waals surface area contributed by atoms with E-state index < -0.39 is 17.7 Å². The molecule has 2 N–H and O–H groups in total. The third-order valence-corrected chi connectivity index (χ3v) is 4.89. The number of carbonyl (C=O) groups is 3. The van der Waals surface area contributed by atoms with E-state index in [9.17, 15) is 14.4 Å². The lowest BCUT2D eigenvalue weighted by molar-refractivity contribution is -0.126. The zero-order chi connectivity index (χ0) is 20.1. The second-order valence-corrected chi connectivity index (χ2v) is 7.17. The zero-order valence-corrected chi connectivity index (χ0v) is 16.9. The molecule has 1 heterocycles. The summed E-state index contributed by atoms with van der Waals surface area (Å²) in [7, 11) is 0. The first kappa shape index (κ1) is 19.9. The smallest absolute Gasteiger partial charge is 0.269 e. The Kier molecular flexibility index (Phi) is 6.30. The average Bonchev–Trinajstić information content (AvgIpc) is 3.09.